The first-order valence-electron chi connectivity index (χ1n) is 5.15. The second kappa shape index (κ2) is 5.81. The van der Waals surface area contributed by atoms with Gasteiger partial charge in [0.05, 0.1) is 0 Å². The first-order chi connectivity index (χ1) is 8.33. The van der Waals surface area contributed by atoms with Gasteiger partial charge >= 0.3 is 6.18 Å². The zero-order valence-corrected chi connectivity index (χ0v) is 9.38. The van der Waals surface area contributed by atoms with Crippen molar-refractivity contribution in [3.05, 3.63) is 35.6 Å². The molecule has 0 saturated heterocycles. The van der Waals surface area contributed by atoms with E-state index in [0.29, 0.717) is 4.90 Å². The van der Waals surface area contributed by atoms with Crippen LogP contribution >= 0.6 is 0 Å². The fourth-order valence-corrected chi connectivity index (χ4v) is 1.43. The summed E-state index contributed by atoms with van der Waals surface area (Å²) in [5.41, 5.74) is 5.03. The Morgan fingerprint density at radius 2 is 2.00 bits per heavy atom. The summed E-state index contributed by atoms with van der Waals surface area (Å²) in [5.74, 6) is -1.57. The maximum Gasteiger partial charge on any atom is 0.406 e. The molecule has 7 heteroatoms. The minimum absolute atomic E-state index is 0.100. The van der Waals surface area contributed by atoms with Crippen molar-refractivity contribution in [2.45, 2.75) is 6.18 Å². The van der Waals surface area contributed by atoms with Gasteiger partial charge in [0, 0.05) is 18.7 Å². The second-order valence-electron chi connectivity index (χ2n) is 3.64. The average Bonchev–Trinajstić information content (AvgIpc) is 2.26. The van der Waals surface area contributed by atoms with Crippen molar-refractivity contribution in [2.75, 3.05) is 19.6 Å². The highest BCUT2D eigenvalue weighted by Gasteiger charge is 2.33. The Bertz CT molecular complexity index is 420. The van der Waals surface area contributed by atoms with Gasteiger partial charge in [-0.15, -0.1) is 0 Å². The van der Waals surface area contributed by atoms with E-state index < -0.39 is 24.4 Å². The van der Waals surface area contributed by atoms with Gasteiger partial charge in [-0.05, 0) is 18.2 Å². The summed E-state index contributed by atoms with van der Waals surface area (Å²) in [6.45, 7) is -1.74. The molecule has 0 spiro atoms. The van der Waals surface area contributed by atoms with Crippen LogP contribution in [0.5, 0.6) is 0 Å². The molecule has 1 aromatic rings. The molecule has 1 amide bonds. The maximum absolute atomic E-state index is 12.9. The van der Waals surface area contributed by atoms with E-state index >= 15 is 0 Å². The van der Waals surface area contributed by atoms with E-state index in [-0.39, 0.29) is 18.7 Å². The Balaban J connectivity index is 2.89. The van der Waals surface area contributed by atoms with Crippen LogP contribution in [0.3, 0.4) is 0 Å². The monoisotopic (exact) mass is 264 g/mol. The lowest BCUT2D eigenvalue weighted by Crippen LogP contribution is -2.41. The molecule has 0 radical (unpaired) electrons. The number of hydrogen-bond donors (Lipinski definition) is 1. The predicted octanol–water partition coefficient (Wildman–Crippen LogP) is 1.79. The highest BCUT2D eigenvalue weighted by atomic mass is 19.4. The molecule has 3 nitrogen and oxygen atoms in total. The molecule has 100 valence electrons. The third kappa shape index (κ3) is 4.33. The molecule has 0 aromatic heterocycles. The first-order valence-corrected chi connectivity index (χ1v) is 5.15. The number of amides is 1. The molecule has 2 N–H and O–H groups in total. The summed E-state index contributed by atoms with van der Waals surface area (Å²) in [6.07, 6.45) is -4.52. The van der Waals surface area contributed by atoms with Crippen LogP contribution in [0, 0.1) is 5.82 Å². The Hall–Kier alpha value is -1.63. The van der Waals surface area contributed by atoms with Crippen LogP contribution in [0.1, 0.15) is 10.4 Å². The third-order valence-corrected chi connectivity index (χ3v) is 2.13. The molecule has 1 aromatic carbocycles. The Kier molecular flexibility index (Phi) is 4.66. The van der Waals surface area contributed by atoms with E-state index in [1.807, 2.05) is 0 Å². The lowest BCUT2D eigenvalue weighted by atomic mass is 10.2. The maximum atomic E-state index is 12.9. The summed E-state index contributed by atoms with van der Waals surface area (Å²) in [4.78, 5) is 12.3. The molecule has 0 aliphatic rings. The smallest absolute Gasteiger partial charge is 0.329 e. The van der Waals surface area contributed by atoms with E-state index in [1.165, 1.54) is 12.1 Å². The van der Waals surface area contributed by atoms with Crippen LogP contribution in [-0.2, 0) is 0 Å². The number of hydrogen-bond acceptors (Lipinski definition) is 2. The number of nitrogens with zero attached hydrogens (tertiary/aromatic N) is 1. The molecule has 0 unspecified atom stereocenters. The Labute approximate surface area is 101 Å². The number of carbonyl (C=O) groups is 1. The SMILES string of the molecule is NCCN(CC(F)(F)F)C(=O)c1cccc(F)c1. The van der Waals surface area contributed by atoms with Crippen molar-refractivity contribution in [1.29, 1.82) is 0 Å². The van der Waals surface area contributed by atoms with Crippen LogP contribution in [-0.4, -0.2) is 36.6 Å². The highest BCUT2D eigenvalue weighted by molar-refractivity contribution is 5.94. The van der Waals surface area contributed by atoms with Gasteiger partial charge in [0.25, 0.3) is 5.91 Å². The molecule has 1 rings (SSSR count). The van der Waals surface area contributed by atoms with Crippen molar-refractivity contribution in [1.82, 2.24) is 4.90 Å². The molecule has 0 aliphatic heterocycles. The van der Waals surface area contributed by atoms with Gasteiger partial charge in [-0.25, -0.2) is 4.39 Å². The fourth-order valence-electron chi connectivity index (χ4n) is 1.43. The van der Waals surface area contributed by atoms with E-state index in [0.717, 1.165) is 12.1 Å². The van der Waals surface area contributed by atoms with Crippen LogP contribution < -0.4 is 5.73 Å². The number of benzene rings is 1. The van der Waals surface area contributed by atoms with Gasteiger partial charge < -0.3 is 10.6 Å². The summed E-state index contributed by atoms with van der Waals surface area (Å²) in [7, 11) is 0. The minimum atomic E-state index is -4.52. The molecule has 0 bridgehead atoms. The molecule has 0 fully saturated rings. The number of nitrogens with two attached hydrogens (primary N) is 1. The van der Waals surface area contributed by atoms with Crippen LogP contribution in [0.15, 0.2) is 24.3 Å². The number of halogens is 4. The largest absolute Gasteiger partial charge is 0.406 e. The van der Waals surface area contributed by atoms with Crippen molar-refractivity contribution in [3.63, 3.8) is 0 Å². The van der Waals surface area contributed by atoms with E-state index in [1.54, 1.807) is 0 Å². The zero-order valence-electron chi connectivity index (χ0n) is 9.38. The van der Waals surface area contributed by atoms with Gasteiger partial charge in [-0.2, -0.15) is 13.2 Å². The number of rotatable bonds is 4. The summed E-state index contributed by atoms with van der Waals surface area (Å²) < 4.78 is 49.7. The first kappa shape index (κ1) is 14.4. The fraction of sp³-hybridized carbons (Fsp3) is 0.364. The molecule has 0 atom stereocenters. The normalized spacial score (nSPS) is 11.4. The summed E-state index contributed by atoms with van der Waals surface area (Å²) in [6, 6.07) is 4.51. The lowest BCUT2D eigenvalue weighted by molar-refractivity contribution is -0.140. The van der Waals surface area contributed by atoms with Crippen LogP contribution in [0.25, 0.3) is 0 Å². The minimum Gasteiger partial charge on any atom is -0.329 e. The standard InChI is InChI=1S/C11H12F4N2O/c12-9-3-1-2-8(6-9)10(18)17(5-4-16)7-11(13,14)15/h1-3,6H,4-5,7,16H2. The molecule has 18 heavy (non-hydrogen) atoms. The van der Waals surface area contributed by atoms with Crippen LogP contribution in [0.2, 0.25) is 0 Å². The topological polar surface area (TPSA) is 46.3 Å². The van der Waals surface area contributed by atoms with Crippen molar-refractivity contribution in [3.8, 4) is 0 Å². The van der Waals surface area contributed by atoms with Gasteiger partial charge in [-0.1, -0.05) is 6.07 Å². The summed E-state index contributed by atoms with van der Waals surface area (Å²) in [5, 5.41) is 0. The number of alkyl halides is 3. The van der Waals surface area contributed by atoms with E-state index in [9.17, 15) is 22.4 Å². The second-order valence-corrected chi connectivity index (χ2v) is 3.64. The Morgan fingerprint density at radius 3 is 2.50 bits per heavy atom. The van der Waals surface area contributed by atoms with E-state index in [2.05, 4.69) is 0 Å². The van der Waals surface area contributed by atoms with E-state index in [4.69, 9.17) is 5.73 Å². The van der Waals surface area contributed by atoms with Crippen molar-refractivity contribution >= 4 is 5.91 Å². The van der Waals surface area contributed by atoms with Gasteiger partial charge in [0.15, 0.2) is 0 Å². The molecule has 0 aliphatic carbocycles. The Morgan fingerprint density at radius 1 is 1.33 bits per heavy atom. The molecule has 0 saturated carbocycles. The molecular weight excluding hydrogens is 252 g/mol. The molecular formula is C11H12F4N2O. The van der Waals surface area contributed by atoms with Crippen LogP contribution in [0.4, 0.5) is 17.6 Å². The van der Waals surface area contributed by atoms with Crippen molar-refractivity contribution in [2.24, 2.45) is 5.73 Å². The number of carbonyl (C=O) groups excluding carboxylic acids is 1. The van der Waals surface area contributed by atoms with Gasteiger partial charge in [0.2, 0.25) is 0 Å². The van der Waals surface area contributed by atoms with Gasteiger partial charge in [0.1, 0.15) is 12.4 Å². The molecule has 0 heterocycles. The predicted molar refractivity (Wildman–Crippen MR) is 57.4 cm³/mol. The average molecular weight is 264 g/mol. The highest BCUT2D eigenvalue weighted by Crippen LogP contribution is 2.18. The lowest BCUT2D eigenvalue weighted by Gasteiger charge is -2.23. The zero-order chi connectivity index (χ0) is 13.8. The quantitative estimate of drug-likeness (QED) is 0.843. The van der Waals surface area contributed by atoms with Crippen molar-refractivity contribution < 1.29 is 22.4 Å². The third-order valence-electron chi connectivity index (χ3n) is 2.13. The van der Waals surface area contributed by atoms with Gasteiger partial charge in [-0.3, -0.25) is 4.79 Å². The summed E-state index contributed by atoms with van der Waals surface area (Å²) >= 11 is 0.